The molecular formula is C13H10N2S. The summed E-state index contributed by atoms with van der Waals surface area (Å²) in [6.07, 6.45) is 1.75. The van der Waals surface area contributed by atoms with Crippen LogP contribution in [0.25, 0.3) is 21.2 Å². The van der Waals surface area contributed by atoms with Gasteiger partial charge in [0.15, 0.2) is 0 Å². The number of fused-ring (bicyclic) bond motifs is 1. The van der Waals surface area contributed by atoms with Crippen molar-refractivity contribution in [3.63, 3.8) is 0 Å². The lowest BCUT2D eigenvalue weighted by Gasteiger charge is -2.03. The highest BCUT2D eigenvalue weighted by atomic mass is 32.1. The molecule has 2 nitrogen and oxygen atoms in total. The SMILES string of the molecule is Nc1cc(-c2cccc3ccsc23)ccn1. The molecule has 0 radical (unpaired) electrons. The van der Waals surface area contributed by atoms with Crippen molar-refractivity contribution in [3.8, 4) is 11.1 Å². The van der Waals surface area contributed by atoms with Crippen molar-refractivity contribution in [1.82, 2.24) is 4.98 Å². The number of rotatable bonds is 1. The largest absolute Gasteiger partial charge is 0.384 e. The maximum absolute atomic E-state index is 5.71. The van der Waals surface area contributed by atoms with E-state index >= 15 is 0 Å². The van der Waals surface area contributed by atoms with Gasteiger partial charge in [-0.05, 0) is 40.1 Å². The van der Waals surface area contributed by atoms with Gasteiger partial charge in [0, 0.05) is 10.9 Å². The smallest absolute Gasteiger partial charge is 0.123 e. The minimum atomic E-state index is 0.561. The fourth-order valence-corrected chi connectivity index (χ4v) is 2.77. The molecule has 16 heavy (non-hydrogen) atoms. The van der Waals surface area contributed by atoms with E-state index in [0.717, 1.165) is 5.56 Å². The monoisotopic (exact) mass is 226 g/mol. The topological polar surface area (TPSA) is 38.9 Å². The lowest BCUT2D eigenvalue weighted by Crippen LogP contribution is -1.89. The molecule has 0 atom stereocenters. The van der Waals surface area contributed by atoms with Crippen LogP contribution in [0.15, 0.2) is 48.0 Å². The molecule has 2 heterocycles. The molecule has 2 aromatic heterocycles. The summed E-state index contributed by atoms with van der Waals surface area (Å²) in [6, 6.07) is 12.3. The second-order valence-electron chi connectivity index (χ2n) is 3.61. The van der Waals surface area contributed by atoms with Gasteiger partial charge in [0.1, 0.15) is 5.82 Å². The Morgan fingerprint density at radius 1 is 1.12 bits per heavy atom. The van der Waals surface area contributed by atoms with Crippen molar-refractivity contribution in [2.24, 2.45) is 0 Å². The van der Waals surface area contributed by atoms with Crippen molar-refractivity contribution in [1.29, 1.82) is 0 Å². The molecule has 0 aliphatic rings. The quantitative estimate of drug-likeness (QED) is 0.689. The highest BCUT2D eigenvalue weighted by Gasteiger charge is 2.04. The van der Waals surface area contributed by atoms with Crippen LogP contribution in [-0.2, 0) is 0 Å². The molecule has 0 spiro atoms. The summed E-state index contributed by atoms with van der Waals surface area (Å²) in [6.45, 7) is 0. The third kappa shape index (κ3) is 1.46. The number of nitrogens with zero attached hydrogens (tertiary/aromatic N) is 1. The molecule has 78 valence electrons. The minimum absolute atomic E-state index is 0.561. The van der Waals surface area contributed by atoms with Gasteiger partial charge in [0.2, 0.25) is 0 Å². The molecule has 0 unspecified atom stereocenters. The summed E-state index contributed by atoms with van der Waals surface area (Å²) in [7, 11) is 0. The molecule has 3 aromatic rings. The van der Waals surface area contributed by atoms with Gasteiger partial charge in [-0.3, -0.25) is 0 Å². The Morgan fingerprint density at radius 2 is 2.06 bits per heavy atom. The van der Waals surface area contributed by atoms with E-state index in [1.165, 1.54) is 15.6 Å². The van der Waals surface area contributed by atoms with E-state index in [2.05, 4.69) is 34.6 Å². The summed E-state index contributed by atoms with van der Waals surface area (Å²) in [5.41, 5.74) is 8.06. The van der Waals surface area contributed by atoms with Gasteiger partial charge in [-0.15, -0.1) is 11.3 Å². The van der Waals surface area contributed by atoms with Gasteiger partial charge in [-0.1, -0.05) is 18.2 Å². The average molecular weight is 226 g/mol. The predicted octanol–water partition coefficient (Wildman–Crippen LogP) is 3.55. The fraction of sp³-hybridized carbons (Fsp3) is 0. The van der Waals surface area contributed by atoms with E-state index in [1.54, 1.807) is 17.5 Å². The number of aromatic nitrogens is 1. The summed E-state index contributed by atoms with van der Waals surface area (Å²) >= 11 is 1.75. The standard InChI is InChI=1S/C13H10N2S/c14-12-8-10(4-6-15-12)11-3-1-2-9-5-7-16-13(9)11/h1-8H,(H2,14,15). The highest BCUT2D eigenvalue weighted by Crippen LogP contribution is 2.32. The highest BCUT2D eigenvalue weighted by molar-refractivity contribution is 7.17. The molecule has 0 saturated heterocycles. The summed E-state index contributed by atoms with van der Waals surface area (Å²) < 4.78 is 1.30. The molecular weight excluding hydrogens is 216 g/mol. The number of benzene rings is 1. The molecule has 3 heteroatoms. The molecule has 3 rings (SSSR count). The van der Waals surface area contributed by atoms with E-state index in [4.69, 9.17) is 5.73 Å². The second-order valence-corrected chi connectivity index (χ2v) is 4.53. The van der Waals surface area contributed by atoms with Crippen LogP contribution in [-0.4, -0.2) is 4.98 Å². The van der Waals surface area contributed by atoms with E-state index in [9.17, 15) is 0 Å². The molecule has 0 amide bonds. The fourth-order valence-electron chi connectivity index (χ4n) is 1.84. The summed E-state index contributed by atoms with van der Waals surface area (Å²) in [5, 5.41) is 3.39. The van der Waals surface area contributed by atoms with Crippen LogP contribution >= 0.6 is 11.3 Å². The van der Waals surface area contributed by atoms with Gasteiger partial charge < -0.3 is 5.73 Å². The zero-order chi connectivity index (χ0) is 11.0. The van der Waals surface area contributed by atoms with Crippen LogP contribution in [0.2, 0.25) is 0 Å². The van der Waals surface area contributed by atoms with Crippen LogP contribution in [0.5, 0.6) is 0 Å². The Balaban J connectivity index is 2.29. The molecule has 0 bridgehead atoms. The van der Waals surface area contributed by atoms with Crippen molar-refractivity contribution < 1.29 is 0 Å². The lowest BCUT2D eigenvalue weighted by atomic mass is 10.1. The van der Waals surface area contributed by atoms with Gasteiger partial charge in [0.05, 0.1) is 0 Å². The van der Waals surface area contributed by atoms with Gasteiger partial charge in [-0.2, -0.15) is 0 Å². The maximum atomic E-state index is 5.71. The normalized spacial score (nSPS) is 10.8. The second kappa shape index (κ2) is 3.61. The number of thiophene rings is 1. The summed E-state index contributed by atoms with van der Waals surface area (Å²) in [5.74, 6) is 0.561. The lowest BCUT2D eigenvalue weighted by molar-refractivity contribution is 1.34. The van der Waals surface area contributed by atoms with E-state index in [1.807, 2.05) is 12.1 Å². The zero-order valence-corrected chi connectivity index (χ0v) is 9.37. The summed E-state index contributed by atoms with van der Waals surface area (Å²) in [4.78, 5) is 4.01. The third-order valence-corrected chi connectivity index (χ3v) is 3.53. The van der Waals surface area contributed by atoms with Crippen molar-refractivity contribution in [2.75, 3.05) is 5.73 Å². The zero-order valence-electron chi connectivity index (χ0n) is 8.55. The van der Waals surface area contributed by atoms with Crippen LogP contribution in [0.3, 0.4) is 0 Å². The number of hydrogen-bond donors (Lipinski definition) is 1. The Bertz CT molecular complexity index is 643. The minimum Gasteiger partial charge on any atom is -0.384 e. The first-order valence-electron chi connectivity index (χ1n) is 5.03. The Morgan fingerprint density at radius 3 is 2.94 bits per heavy atom. The molecule has 2 N–H and O–H groups in total. The van der Waals surface area contributed by atoms with Crippen molar-refractivity contribution >= 4 is 27.2 Å². The molecule has 0 fully saturated rings. The number of pyridine rings is 1. The van der Waals surface area contributed by atoms with E-state index < -0.39 is 0 Å². The first-order valence-corrected chi connectivity index (χ1v) is 5.91. The third-order valence-electron chi connectivity index (χ3n) is 2.57. The first kappa shape index (κ1) is 9.36. The first-order chi connectivity index (χ1) is 7.84. The van der Waals surface area contributed by atoms with E-state index in [0.29, 0.717) is 5.82 Å². The molecule has 0 saturated carbocycles. The number of hydrogen-bond acceptors (Lipinski definition) is 3. The van der Waals surface area contributed by atoms with Gasteiger partial charge in [-0.25, -0.2) is 4.98 Å². The Labute approximate surface area is 97.4 Å². The van der Waals surface area contributed by atoms with Gasteiger partial charge >= 0.3 is 0 Å². The van der Waals surface area contributed by atoms with Crippen LogP contribution in [0, 0.1) is 0 Å². The Kier molecular flexibility index (Phi) is 2.11. The molecule has 0 aliphatic heterocycles. The number of anilines is 1. The molecule has 0 aliphatic carbocycles. The maximum Gasteiger partial charge on any atom is 0.123 e. The van der Waals surface area contributed by atoms with Crippen molar-refractivity contribution in [3.05, 3.63) is 48.0 Å². The van der Waals surface area contributed by atoms with Crippen molar-refractivity contribution in [2.45, 2.75) is 0 Å². The van der Waals surface area contributed by atoms with Crippen LogP contribution in [0.1, 0.15) is 0 Å². The number of nitrogen functional groups attached to an aromatic ring is 1. The number of nitrogens with two attached hydrogens (primary N) is 1. The molecule has 1 aromatic carbocycles. The van der Waals surface area contributed by atoms with Gasteiger partial charge in [0.25, 0.3) is 0 Å². The average Bonchev–Trinajstić information content (AvgIpc) is 2.76. The Hall–Kier alpha value is -1.87. The van der Waals surface area contributed by atoms with E-state index in [-0.39, 0.29) is 0 Å². The predicted molar refractivity (Wildman–Crippen MR) is 69.5 cm³/mol. The van der Waals surface area contributed by atoms with Crippen LogP contribution in [0.4, 0.5) is 5.82 Å². The van der Waals surface area contributed by atoms with Crippen LogP contribution < -0.4 is 5.73 Å².